The van der Waals surface area contributed by atoms with Gasteiger partial charge in [-0.2, -0.15) is 11.8 Å². The summed E-state index contributed by atoms with van der Waals surface area (Å²) in [5.74, 6) is 3.09. The van der Waals surface area contributed by atoms with E-state index in [1.165, 1.54) is 18.6 Å². The van der Waals surface area contributed by atoms with Crippen LogP contribution in [0.2, 0.25) is 0 Å². The molecule has 2 nitrogen and oxygen atoms in total. The number of unbranched alkanes of at least 4 members (excludes halogenated alkanes) is 1. The molecule has 0 aromatic heterocycles. The predicted octanol–water partition coefficient (Wildman–Crippen LogP) is 3.62. The van der Waals surface area contributed by atoms with Gasteiger partial charge in [0.05, 0.1) is 6.61 Å². The predicted molar refractivity (Wildman–Crippen MR) is 76.8 cm³/mol. The number of ether oxygens (including phenoxy) is 1. The first-order chi connectivity index (χ1) is 8.29. The fraction of sp³-hybridized carbons (Fsp3) is 0.571. The Bertz CT molecular complexity index is 317. The average molecular weight is 253 g/mol. The van der Waals surface area contributed by atoms with Crippen molar-refractivity contribution in [3.63, 3.8) is 0 Å². The lowest BCUT2D eigenvalue weighted by atomic mass is 10.1. The molecule has 0 aliphatic carbocycles. The lowest BCUT2D eigenvalue weighted by Gasteiger charge is -2.16. The second kappa shape index (κ2) is 8.43. The first-order valence-electron chi connectivity index (χ1n) is 6.34. The summed E-state index contributed by atoms with van der Waals surface area (Å²) < 4.78 is 5.60. The van der Waals surface area contributed by atoms with Crippen LogP contribution in [0.1, 0.15) is 38.3 Å². The largest absolute Gasteiger partial charge is 0.494 e. The molecule has 0 aliphatic heterocycles. The zero-order valence-electron chi connectivity index (χ0n) is 10.8. The van der Waals surface area contributed by atoms with Crippen LogP contribution in [0.15, 0.2) is 24.3 Å². The maximum atomic E-state index is 6.21. The quantitative estimate of drug-likeness (QED) is 0.719. The van der Waals surface area contributed by atoms with E-state index in [1.807, 2.05) is 36.9 Å². The Balaban J connectivity index is 2.52. The monoisotopic (exact) mass is 253 g/mol. The van der Waals surface area contributed by atoms with E-state index in [0.717, 1.165) is 17.1 Å². The summed E-state index contributed by atoms with van der Waals surface area (Å²) in [6.07, 6.45) is 2.52. The zero-order chi connectivity index (χ0) is 12.5. The molecule has 0 fully saturated rings. The van der Waals surface area contributed by atoms with Crippen LogP contribution in [0.5, 0.6) is 5.75 Å². The minimum absolute atomic E-state index is 0.0691. The maximum Gasteiger partial charge on any atom is 0.124 e. The minimum atomic E-state index is 0.0691. The van der Waals surface area contributed by atoms with E-state index in [0.29, 0.717) is 6.61 Å². The molecular formula is C14H23NOS. The second-order valence-electron chi connectivity index (χ2n) is 4.01. The van der Waals surface area contributed by atoms with Gasteiger partial charge in [-0.25, -0.2) is 0 Å². The molecule has 0 amide bonds. The van der Waals surface area contributed by atoms with E-state index in [2.05, 4.69) is 13.0 Å². The van der Waals surface area contributed by atoms with Crippen molar-refractivity contribution in [1.82, 2.24) is 0 Å². The van der Waals surface area contributed by atoms with Gasteiger partial charge >= 0.3 is 0 Å². The van der Waals surface area contributed by atoms with Crippen LogP contribution >= 0.6 is 11.8 Å². The lowest BCUT2D eigenvalue weighted by Crippen LogP contribution is -2.14. The molecule has 1 aromatic rings. The van der Waals surface area contributed by atoms with Gasteiger partial charge in [0, 0.05) is 17.4 Å². The van der Waals surface area contributed by atoms with Gasteiger partial charge in [-0.3, -0.25) is 0 Å². The molecule has 0 saturated carbocycles. The molecule has 0 radical (unpaired) electrons. The number of hydrogen-bond donors (Lipinski definition) is 1. The van der Waals surface area contributed by atoms with Crippen LogP contribution in [0.4, 0.5) is 0 Å². The van der Waals surface area contributed by atoms with E-state index in [1.54, 1.807) is 0 Å². The van der Waals surface area contributed by atoms with Crippen molar-refractivity contribution >= 4 is 11.8 Å². The van der Waals surface area contributed by atoms with Gasteiger partial charge in [0.15, 0.2) is 0 Å². The van der Waals surface area contributed by atoms with Crippen molar-refractivity contribution in [2.75, 3.05) is 18.1 Å². The molecule has 0 heterocycles. The first-order valence-corrected chi connectivity index (χ1v) is 7.50. The summed E-state index contributed by atoms with van der Waals surface area (Å²) in [6, 6.07) is 8.14. The minimum Gasteiger partial charge on any atom is -0.494 e. The third-order valence-corrected chi connectivity index (χ3v) is 3.73. The van der Waals surface area contributed by atoms with Crippen LogP contribution in [-0.4, -0.2) is 18.1 Å². The van der Waals surface area contributed by atoms with Crippen molar-refractivity contribution < 1.29 is 4.74 Å². The number of hydrogen-bond acceptors (Lipinski definition) is 3. The number of nitrogens with two attached hydrogens (primary N) is 1. The van der Waals surface area contributed by atoms with E-state index in [-0.39, 0.29) is 6.04 Å². The normalized spacial score (nSPS) is 12.4. The van der Waals surface area contributed by atoms with Crippen LogP contribution in [-0.2, 0) is 0 Å². The Morgan fingerprint density at radius 2 is 2.06 bits per heavy atom. The molecule has 0 spiro atoms. The van der Waals surface area contributed by atoms with E-state index in [9.17, 15) is 0 Å². The number of rotatable bonds is 8. The van der Waals surface area contributed by atoms with Crippen LogP contribution in [0, 0.1) is 0 Å². The van der Waals surface area contributed by atoms with E-state index in [4.69, 9.17) is 10.5 Å². The highest BCUT2D eigenvalue weighted by Crippen LogP contribution is 2.26. The molecule has 0 aliphatic rings. The van der Waals surface area contributed by atoms with Crippen LogP contribution in [0.25, 0.3) is 0 Å². The summed E-state index contributed by atoms with van der Waals surface area (Å²) in [5, 5.41) is 0. The van der Waals surface area contributed by atoms with Gasteiger partial charge in [-0.15, -0.1) is 0 Å². The van der Waals surface area contributed by atoms with Gasteiger partial charge in [0.1, 0.15) is 5.75 Å². The van der Waals surface area contributed by atoms with Gasteiger partial charge in [0.2, 0.25) is 0 Å². The van der Waals surface area contributed by atoms with Gasteiger partial charge < -0.3 is 10.5 Å². The Labute approximate surface area is 109 Å². The van der Waals surface area contributed by atoms with Gasteiger partial charge in [-0.1, -0.05) is 31.5 Å². The molecule has 0 saturated heterocycles. The second-order valence-corrected chi connectivity index (χ2v) is 5.16. The highest BCUT2D eigenvalue weighted by Gasteiger charge is 2.11. The lowest BCUT2D eigenvalue weighted by molar-refractivity contribution is 0.335. The zero-order valence-corrected chi connectivity index (χ0v) is 11.6. The molecule has 1 atom stereocenters. The molecule has 3 heteroatoms. The molecule has 96 valence electrons. The molecule has 1 unspecified atom stereocenters. The number of para-hydroxylation sites is 1. The topological polar surface area (TPSA) is 35.2 Å². The average Bonchev–Trinajstić information content (AvgIpc) is 2.35. The number of benzene rings is 1. The fourth-order valence-corrected chi connectivity index (χ4v) is 2.71. The molecular weight excluding hydrogens is 230 g/mol. The SMILES string of the molecule is CCCCSCC(N)c1ccccc1OCC. The van der Waals surface area contributed by atoms with Crippen molar-refractivity contribution in [1.29, 1.82) is 0 Å². The Hall–Kier alpha value is -0.670. The van der Waals surface area contributed by atoms with Crippen molar-refractivity contribution in [3.05, 3.63) is 29.8 Å². The Morgan fingerprint density at radius 3 is 2.76 bits per heavy atom. The van der Waals surface area contributed by atoms with Crippen molar-refractivity contribution in [2.45, 2.75) is 32.7 Å². The summed E-state index contributed by atoms with van der Waals surface area (Å²) >= 11 is 1.93. The van der Waals surface area contributed by atoms with Gasteiger partial charge in [-0.05, 0) is 25.2 Å². The summed E-state index contributed by atoms with van der Waals surface area (Å²) in [6.45, 7) is 4.90. The molecule has 1 aromatic carbocycles. The molecule has 1 rings (SSSR count). The first kappa shape index (κ1) is 14.4. The summed E-state index contributed by atoms with van der Waals surface area (Å²) in [4.78, 5) is 0. The molecule has 0 bridgehead atoms. The highest BCUT2D eigenvalue weighted by atomic mass is 32.2. The fourth-order valence-electron chi connectivity index (χ4n) is 1.62. The number of thioether (sulfide) groups is 1. The van der Waals surface area contributed by atoms with E-state index < -0.39 is 0 Å². The van der Waals surface area contributed by atoms with Crippen molar-refractivity contribution in [2.24, 2.45) is 5.73 Å². The highest BCUT2D eigenvalue weighted by molar-refractivity contribution is 7.99. The van der Waals surface area contributed by atoms with E-state index >= 15 is 0 Å². The van der Waals surface area contributed by atoms with Crippen molar-refractivity contribution in [3.8, 4) is 5.75 Å². The smallest absolute Gasteiger partial charge is 0.124 e. The molecule has 17 heavy (non-hydrogen) atoms. The third kappa shape index (κ3) is 5.00. The Kier molecular flexibility index (Phi) is 7.13. The summed E-state index contributed by atoms with van der Waals surface area (Å²) in [7, 11) is 0. The van der Waals surface area contributed by atoms with Crippen LogP contribution in [0.3, 0.4) is 0 Å². The third-order valence-electron chi connectivity index (χ3n) is 2.56. The van der Waals surface area contributed by atoms with Crippen LogP contribution < -0.4 is 10.5 Å². The van der Waals surface area contributed by atoms with Gasteiger partial charge in [0.25, 0.3) is 0 Å². The molecule has 2 N–H and O–H groups in total. The Morgan fingerprint density at radius 1 is 1.29 bits per heavy atom. The summed E-state index contributed by atoms with van der Waals surface area (Å²) in [5.41, 5.74) is 7.33. The standard InChI is InChI=1S/C14H23NOS/c1-3-5-10-17-11-13(15)12-8-6-7-9-14(12)16-4-2/h6-9,13H,3-5,10-11,15H2,1-2H3. The maximum absolute atomic E-state index is 6.21.